The third-order valence-corrected chi connectivity index (χ3v) is 5.02. The van der Waals surface area contributed by atoms with Crippen molar-refractivity contribution in [3.8, 4) is 0 Å². The number of nitrogens with one attached hydrogen (secondary N) is 1. The summed E-state index contributed by atoms with van der Waals surface area (Å²) in [6.45, 7) is 3.88. The third-order valence-electron chi connectivity index (χ3n) is 3.60. The number of hydrogen-bond acceptors (Lipinski definition) is 5. The Bertz CT molecular complexity index is 641. The molecule has 1 aliphatic rings. The lowest BCUT2D eigenvalue weighted by Gasteiger charge is -2.23. The van der Waals surface area contributed by atoms with Crippen LogP contribution in [-0.2, 0) is 19.5 Å². The van der Waals surface area contributed by atoms with Crippen molar-refractivity contribution >= 4 is 15.9 Å². The van der Waals surface area contributed by atoms with Gasteiger partial charge in [-0.2, -0.15) is 0 Å². The molecule has 2 rings (SSSR count). The van der Waals surface area contributed by atoms with E-state index in [1.54, 1.807) is 19.2 Å². The number of hydrogen-bond donors (Lipinski definition) is 1. The fraction of sp³-hybridized carbons (Fsp3) is 0.533. The van der Waals surface area contributed by atoms with Crippen molar-refractivity contribution < 1.29 is 22.7 Å². The average molecular weight is 342 g/mol. The van der Waals surface area contributed by atoms with E-state index in [1.807, 2.05) is 6.92 Å². The van der Waals surface area contributed by atoms with E-state index in [-0.39, 0.29) is 23.5 Å². The highest BCUT2D eigenvalue weighted by molar-refractivity contribution is 7.89. The molecule has 1 aromatic carbocycles. The highest BCUT2D eigenvalue weighted by Crippen LogP contribution is 2.13. The highest BCUT2D eigenvalue weighted by atomic mass is 32.2. The zero-order chi connectivity index (χ0) is 16.9. The lowest BCUT2D eigenvalue weighted by atomic mass is 10.2. The molecule has 1 amide bonds. The van der Waals surface area contributed by atoms with Crippen LogP contribution in [0, 0.1) is 0 Å². The fourth-order valence-electron chi connectivity index (χ4n) is 2.10. The number of amides is 1. The van der Waals surface area contributed by atoms with E-state index >= 15 is 0 Å². The standard InChI is InChI=1S/C15H22N2O5S/c1-3-17(2)15(18)12-5-4-6-14(9-12)23(19,20)16-10-13-11-21-7-8-22-13/h4-6,9,13,16H,3,7-8,10-11H2,1-2H3. The lowest BCUT2D eigenvalue weighted by Crippen LogP contribution is -2.39. The molecule has 1 atom stereocenters. The maximum Gasteiger partial charge on any atom is 0.253 e. The van der Waals surface area contributed by atoms with Crippen LogP contribution in [0.15, 0.2) is 29.2 Å². The van der Waals surface area contributed by atoms with E-state index in [0.717, 1.165) is 0 Å². The van der Waals surface area contributed by atoms with E-state index in [9.17, 15) is 13.2 Å². The highest BCUT2D eigenvalue weighted by Gasteiger charge is 2.21. The summed E-state index contributed by atoms with van der Waals surface area (Å²) < 4.78 is 37.8. The number of benzene rings is 1. The quantitative estimate of drug-likeness (QED) is 0.812. The molecule has 1 fully saturated rings. The minimum Gasteiger partial charge on any atom is -0.376 e. The van der Waals surface area contributed by atoms with Crippen LogP contribution in [0.4, 0.5) is 0 Å². The van der Waals surface area contributed by atoms with Gasteiger partial charge in [0, 0.05) is 25.7 Å². The Morgan fingerprint density at radius 3 is 2.83 bits per heavy atom. The van der Waals surface area contributed by atoms with Crippen LogP contribution in [0.25, 0.3) is 0 Å². The molecular weight excluding hydrogens is 320 g/mol. The Morgan fingerprint density at radius 2 is 2.17 bits per heavy atom. The lowest BCUT2D eigenvalue weighted by molar-refractivity contribution is -0.0846. The molecule has 0 radical (unpaired) electrons. The molecule has 1 heterocycles. The molecule has 0 aliphatic carbocycles. The van der Waals surface area contributed by atoms with Gasteiger partial charge in [0.05, 0.1) is 30.8 Å². The Hall–Kier alpha value is -1.48. The summed E-state index contributed by atoms with van der Waals surface area (Å²) in [6.07, 6.45) is -0.297. The van der Waals surface area contributed by atoms with Crippen molar-refractivity contribution in [3.05, 3.63) is 29.8 Å². The van der Waals surface area contributed by atoms with Gasteiger partial charge in [0.25, 0.3) is 5.91 Å². The van der Waals surface area contributed by atoms with Gasteiger partial charge in [0.15, 0.2) is 0 Å². The number of nitrogens with zero attached hydrogens (tertiary/aromatic N) is 1. The second kappa shape index (κ2) is 7.87. The smallest absolute Gasteiger partial charge is 0.253 e. The Balaban J connectivity index is 2.08. The molecular formula is C15H22N2O5S. The van der Waals surface area contributed by atoms with E-state index in [1.165, 1.54) is 17.0 Å². The minimum atomic E-state index is -3.70. The Morgan fingerprint density at radius 1 is 1.39 bits per heavy atom. The number of sulfonamides is 1. The summed E-state index contributed by atoms with van der Waals surface area (Å²) in [4.78, 5) is 13.7. The van der Waals surface area contributed by atoms with Gasteiger partial charge in [-0.15, -0.1) is 0 Å². The maximum atomic E-state index is 12.4. The molecule has 0 spiro atoms. The van der Waals surface area contributed by atoms with Crippen molar-refractivity contribution in [1.29, 1.82) is 0 Å². The summed E-state index contributed by atoms with van der Waals surface area (Å²) in [5.41, 5.74) is 0.342. The first-order valence-electron chi connectivity index (χ1n) is 7.48. The van der Waals surface area contributed by atoms with E-state index in [4.69, 9.17) is 9.47 Å². The maximum absolute atomic E-state index is 12.4. The molecule has 1 unspecified atom stereocenters. The van der Waals surface area contributed by atoms with Crippen molar-refractivity contribution in [2.75, 3.05) is 40.0 Å². The van der Waals surface area contributed by atoms with Gasteiger partial charge in [-0.1, -0.05) is 6.07 Å². The third kappa shape index (κ3) is 4.74. The topological polar surface area (TPSA) is 84.9 Å². The van der Waals surface area contributed by atoms with Gasteiger partial charge < -0.3 is 14.4 Å². The largest absolute Gasteiger partial charge is 0.376 e. The molecule has 1 N–H and O–H groups in total. The first-order valence-corrected chi connectivity index (χ1v) is 8.97. The average Bonchev–Trinajstić information content (AvgIpc) is 2.59. The molecule has 128 valence electrons. The van der Waals surface area contributed by atoms with Crippen molar-refractivity contribution in [2.45, 2.75) is 17.9 Å². The molecule has 0 bridgehead atoms. The molecule has 1 saturated heterocycles. The second-order valence-electron chi connectivity index (χ2n) is 5.27. The van der Waals surface area contributed by atoms with Crippen LogP contribution in [0.1, 0.15) is 17.3 Å². The fourth-order valence-corrected chi connectivity index (χ4v) is 3.21. The minimum absolute atomic E-state index is 0.0598. The summed E-state index contributed by atoms with van der Waals surface area (Å²) in [5, 5.41) is 0. The van der Waals surface area contributed by atoms with Gasteiger partial charge in [0.2, 0.25) is 10.0 Å². The second-order valence-corrected chi connectivity index (χ2v) is 7.03. The van der Waals surface area contributed by atoms with Crippen LogP contribution < -0.4 is 4.72 Å². The molecule has 1 aromatic rings. The van der Waals surface area contributed by atoms with Gasteiger partial charge in [-0.05, 0) is 25.1 Å². The van der Waals surface area contributed by atoms with Crippen molar-refractivity contribution in [3.63, 3.8) is 0 Å². The SMILES string of the molecule is CCN(C)C(=O)c1cccc(S(=O)(=O)NCC2COCCO2)c1. The molecule has 0 aromatic heterocycles. The number of rotatable bonds is 6. The van der Waals surface area contributed by atoms with Crippen molar-refractivity contribution in [2.24, 2.45) is 0 Å². The predicted molar refractivity (Wildman–Crippen MR) is 84.8 cm³/mol. The summed E-state index contributed by atoms with van der Waals surface area (Å²) in [6, 6.07) is 6.01. The first kappa shape index (κ1) is 17.9. The molecule has 0 saturated carbocycles. The van der Waals surface area contributed by atoms with Crippen LogP contribution >= 0.6 is 0 Å². The number of ether oxygens (including phenoxy) is 2. The number of carbonyl (C=O) groups is 1. The van der Waals surface area contributed by atoms with Crippen LogP contribution in [0.3, 0.4) is 0 Å². The Labute approximate surface area is 136 Å². The van der Waals surface area contributed by atoms with E-state index < -0.39 is 10.0 Å². The van der Waals surface area contributed by atoms with Crippen LogP contribution in [-0.4, -0.2) is 65.3 Å². The Kier molecular flexibility index (Phi) is 6.11. The zero-order valence-corrected chi connectivity index (χ0v) is 14.1. The van der Waals surface area contributed by atoms with Gasteiger partial charge in [-0.25, -0.2) is 13.1 Å². The molecule has 8 heteroatoms. The zero-order valence-electron chi connectivity index (χ0n) is 13.3. The van der Waals surface area contributed by atoms with Gasteiger partial charge in [0.1, 0.15) is 0 Å². The summed E-state index contributed by atoms with van der Waals surface area (Å²) >= 11 is 0. The van der Waals surface area contributed by atoms with Gasteiger partial charge >= 0.3 is 0 Å². The predicted octanol–water partition coefficient (Wildman–Crippen LogP) is 0.472. The molecule has 1 aliphatic heterocycles. The summed E-state index contributed by atoms with van der Waals surface area (Å²) in [7, 11) is -2.04. The van der Waals surface area contributed by atoms with Crippen molar-refractivity contribution in [1.82, 2.24) is 9.62 Å². The van der Waals surface area contributed by atoms with Crippen LogP contribution in [0.5, 0.6) is 0 Å². The van der Waals surface area contributed by atoms with E-state index in [2.05, 4.69) is 4.72 Å². The first-order chi connectivity index (χ1) is 10.9. The normalized spacial score (nSPS) is 18.6. The molecule has 7 nitrogen and oxygen atoms in total. The monoisotopic (exact) mass is 342 g/mol. The van der Waals surface area contributed by atoms with Gasteiger partial charge in [-0.3, -0.25) is 4.79 Å². The number of carbonyl (C=O) groups excluding carboxylic acids is 1. The van der Waals surface area contributed by atoms with E-state index in [0.29, 0.717) is 31.9 Å². The van der Waals surface area contributed by atoms with Crippen LogP contribution in [0.2, 0.25) is 0 Å². The molecule has 23 heavy (non-hydrogen) atoms. The summed E-state index contributed by atoms with van der Waals surface area (Å²) in [5.74, 6) is -0.214.